The second-order valence-corrected chi connectivity index (χ2v) is 2.69. The lowest BCUT2D eigenvalue weighted by Crippen LogP contribution is -2.31. The molecule has 1 aliphatic rings. The van der Waals surface area contributed by atoms with Gasteiger partial charge in [-0.1, -0.05) is 6.92 Å². The first kappa shape index (κ1) is 6.79. The van der Waals surface area contributed by atoms with E-state index in [-0.39, 0.29) is 0 Å². The molecule has 0 amide bonds. The van der Waals surface area contributed by atoms with E-state index < -0.39 is 0 Å². The molecule has 4 heteroatoms. The molecule has 0 bridgehead atoms. The number of nitrogens with zero attached hydrogens (tertiary/aromatic N) is 3. The van der Waals surface area contributed by atoms with Crippen LogP contribution in [0.2, 0.25) is 0 Å². The Labute approximate surface area is 65.2 Å². The summed E-state index contributed by atoms with van der Waals surface area (Å²) in [5.41, 5.74) is 0. The van der Waals surface area contributed by atoms with Gasteiger partial charge in [0.05, 0.1) is 13.2 Å². The fraction of sp³-hybridized carbons (Fsp3) is 0.714. The van der Waals surface area contributed by atoms with Crippen LogP contribution < -0.4 is 0 Å². The molecular weight excluding hydrogens is 142 g/mol. The third-order valence-corrected chi connectivity index (χ3v) is 1.87. The van der Waals surface area contributed by atoms with Gasteiger partial charge in [-0.2, -0.15) is 5.10 Å². The van der Waals surface area contributed by atoms with E-state index >= 15 is 0 Å². The lowest BCUT2D eigenvalue weighted by molar-refractivity contribution is -0.0289. The first-order chi connectivity index (χ1) is 5.40. The number of aromatic nitrogens is 3. The molecule has 0 radical (unpaired) electrons. The number of hydrogen-bond acceptors (Lipinski definition) is 3. The molecule has 0 N–H and O–H groups in total. The third-order valence-electron chi connectivity index (χ3n) is 1.87. The van der Waals surface area contributed by atoms with Crippen molar-refractivity contribution in [3.63, 3.8) is 0 Å². The van der Waals surface area contributed by atoms with Gasteiger partial charge < -0.3 is 4.74 Å². The summed E-state index contributed by atoms with van der Waals surface area (Å²) >= 11 is 0. The SMILES string of the molecule is CCc1ncn(C2COC2)n1. The average molecular weight is 153 g/mol. The minimum absolute atomic E-state index is 0.433. The van der Waals surface area contributed by atoms with Gasteiger partial charge in [0.15, 0.2) is 0 Å². The molecule has 0 atom stereocenters. The molecule has 1 saturated heterocycles. The van der Waals surface area contributed by atoms with E-state index in [9.17, 15) is 0 Å². The third kappa shape index (κ3) is 1.14. The highest BCUT2D eigenvalue weighted by molar-refractivity contribution is 4.83. The molecule has 60 valence electrons. The molecular formula is C7H11N3O. The van der Waals surface area contributed by atoms with Crippen molar-refractivity contribution in [1.29, 1.82) is 0 Å². The molecule has 0 spiro atoms. The molecule has 0 aromatic carbocycles. The number of ether oxygens (including phenoxy) is 1. The minimum atomic E-state index is 0.433. The lowest BCUT2D eigenvalue weighted by atomic mass is 10.3. The van der Waals surface area contributed by atoms with E-state index in [1.165, 1.54) is 0 Å². The summed E-state index contributed by atoms with van der Waals surface area (Å²) in [6.45, 7) is 3.62. The largest absolute Gasteiger partial charge is 0.377 e. The quantitative estimate of drug-likeness (QED) is 0.618. The predicted octanol–water partition coefficient (Wildman–Crippen LogP) is 0.412. The van der Waals surface area contributed by atoms with Crippen molar-refractivity contribution in [1.82, 2.24) is 14.8 Å². The highest BCUT2D eigenvalue weighted by atomic mass is 16.5. The summed E-state index contributed by atoms with van der Waals surface area (Å²) in [5.74, 6) is 0.914. The Balaban J connectivity index is 2.11. The second kappa shape index (κ2) is 2.62. The van der Waals surface area contributed by atoms with Gasteiger partial charge in [-0.05, 0) is 0 Å². The van der Waals surface area contributed by atoms with Gasteiger partial charge >= 0.3 is 0 Å². The van der Waals surface area contributed by atoms with Gasteiger partial charge in [-0.25, -0.2) is 9.67 Å². The molecule has 0 aliphatic carbocycles. The first-order valence-corrected chi connectivity index (χ1v) is 3.88. The lowest BCUT2D eigenvalue weighted by Gasteiger charge is -2.25. The van der Waals surface area contributed by atoms with E-state index in [1.54, 1.807) is 6.33 Å². The topological polar surface area (TPSA) is 39.9 Å². The fourth-order valence-electron chi connectivity index (χ4n) is 1.02. The standard InChI is InChI=1S/C7H11N3O/c1-2-7-8-5-10(9-7)6-3-11-4-6/h5-6H,2-4H2,1H3. The van der Waals surface area contributed by atoms with Gasteiger partial charge in [0.25, 0.3) is 0 Å². The van der Waals surface area contributed by atoms with Crippen LogP contribution in [-0.4, -0.2) is 28.0 Å². The Bertz CT molecular complexity index is 242. The van der Waals surface area contributed by atoms with Crippen LogP contribution in [0.5, 0.6) is 0 Å². The summed E-state index contributed by atoms with van der Waals surface area (Å²) < 4.78 is 6.93. The van der Waals surface area contributed by atoms with Crippen LogP contribution in [0.25, 0.3) is 0 Å². The Morgan fingerprint density at radius 1 is 1.73 bits per heavy atom. The molecule has 11 heavy (non-hydrogen) atoms. The Hall–Kier alpha value is -0.900. The molecule has 1 aromatic rings. The number of aryl methyl sites for hydroxylation is 1. The molecule has 2 heterocycles. The smallest absolute Gasteiger partial charge is 0.150 e. The molecule has 0 saturated carbocycles. The zero-order chi connectivity index (χ0) is 7.68. The summed E-state index contributed by atoms with van der Waals surface area (Å²) in [6.07, 6.45) is 2.69. The van der Waals surface area contributed by atoms with Gasteiger partial charge in [0.1, 0.15) is 18.2 Å². The van der Waals surface area contributed by atoms with Crippen molar-refractivity contribution < 1.29 is 4.74 Å². The van der Waals surface area contributed by atoms with Crippen molar-refractivity contribution in [2.75, 3.05) is 13.2 Å². The van der Waals surface area contributed by atoms with E-state index in [4.69, 9.17) is 4.74 Å². The van der Waals surface area contributed by atoms with Crippen LogP contribution in [0.15, 0.2) is 6.33 Å². The first-order valence-electron chi connectivity index (χ1n) is 3.88. The molecule has 1 aliphatic heterocycles. The van der Waals surface area contributed by atoms with Crippen LogP contribution in [0.3, 0.4) is 0 Å². The fourth-order valence-corrected chi connectivity index (χ4v) is 1.02. The summed E-state index contributed by atoms with van der Waals surface area (Å²) in [7, 11) is 0. The number of rotatable bonds is 2. The summed E-state index contributed by atoms with van der Waals surface area (Å²) in [6, 6.07) is 0.433. The Morgan fingerprint density at radius 2 is 2.55 bits per heavy atom. The molecule has 4 nitrogen and oxygen atoms in total. The van der Waals surface area contributed by atoms with Crippen molar-refractivity contribution in [2.45, 2.75) is 19.4 Å². The maximum absolute atomic E-state index is 5.04. The second-order valence-electron chi connectivity index (χ2n) is 2.69. The van der Waals surface area contributed by atoms with E-state index in [0.29, 0.717) is 6.04 Å². The average Bonchev–Trinajstić information content (AvgIpc) is 2.32. The monoisotopic (exact) mass is 153 g/mol. The molecule has 0 unspecified atom stereocenters. The molecule has 1 aromatic heterocycles. The van der Waals surface area contributed by atoms with Gasteiger partial charge in [-0.3, -0.25) is 0 Å². The van der Waals surface area contributed by atoms with Crippen molar-refractivity contribution in [2.24, 2.45) is 0 Å². The van der Waals surface area contributed by atoms with Crippen LogP contribution in [0.4, 0.5) is 0 Å². The normalized spacial score (nSPS) is 18.3. The van der Waals surface area contributed by atoms with Crippen molar-refractivity contribution in [3.8, 4) is 0 Å². The van der Waals surface area contributed by atoms with Gasteiger partial charge in [0, 0.05) is 6.42 Å². The van der Waals surface area contributed by atoms with Gasteiger partial charge in [0.2, 0.25) is 0 Å². The molecule has 1 fully saturated rings. The van der Waals surface area contributed by atoms with Gasteiger partial charge in [-0.15, -0.1) is 0 Å². The minimum Gasteiger partial charge on any atom is -0.377 e. The maximum Gasteiger partial charge on any atom is 0.150 e. The van der Waals surface area contributed by atoms with Crippen molar-refractivity contribution in [3.05, 3.63) is 12.2 Å². The maximum atomic E-state index is 5.04. The van der Waals surface area contributed by atoms with Crippen LogP contribution >= 0.6 is 0 Å². The summed E-state index contributed by atoms with van der Waals surface area (Å²) in [4.78, 5) is 4.13. The number of hydrogen-bond donors (Lipinski definition) is 0. The zero-order valence-corrected chi connectivity index (χ0v) is 6.53. The van der Waals surface area contributed by atoms with Crippen LogP contribution in [0, 0.1) is 0 Å². The Kier molecular flexibility index (Phi) is 1.62. The van der Waals surface area contributed by atoms with E-state index in [0.717, 1.165) is 25.5 Å². The Morgan fingerprint density at radius 3 is 3.00 bits per heavy atom. The van der Waals surface area contributed by atoms with Crippen LogP contribution in [-0.2, 0) is 11.2 Å². The predicted molar refractivity (Wildman–Crippen MR) is 39.3 cm³/mol. The van der Waals surface area contributed by atoms with Crippen molar-refractivity contribution >= 4 is 0 Å². The van der Waals surface area contributed by atoms with E-state index in [1.807, 2.05) is 4.68 Å². The highest BCUT2D eigenvalue weighted by Crippen LogP contribution is 2.14. The molecule has 2 rings (SSSR count). The van der Waals surface area contributed by atoms with E-state index in [2.05, 4.69) is 17.0 Å². The zero-order valence-electron chi connectivity index (χ0n) is 6.53. The van der Waals surface area contributed by atoms with Crippen LogP contribution in [0.1, 0.15) is 18.8 Å². The highest BCUT2D eigenvalue weighted by Gasteiger charge is 2.21. The summed E-state index contributed by atoms with van der Waals surface area (Å²) in [5, 5.41) is 4.28.